The molecule has 4 N–H and O–H groups in total. The maximum Gasteiger partial charge on any atom is 0.270 e. The Kier molecular flexibility index (Phi) is 5.77. The smallest absolute Gasteiger partial charge is 0.270 e. The number of aliphatic hydroxyl groups is 2. The van der Waals surface area contributed by atoms with E-state index in [0.717, 1.165) is 6.42 Å². The van der Waals surface area contributed by atoms with Gasteiger partial charge in [-0.15, -0.1) is 0 Å². The molecule has 3 heterocycles. The van der Waals surface area contributed by atoms with Gasteiger partial charge in [-0.05, 0) is 19.3 Å². The largest absolute Gasteiger partial charge is 0.390 e. The zero-order chi connectivity index (χ0) is 20.5. The summed E-state index contributed by atoms with van der Waals surface area (Å²) in [5.74, 6) is -0.257. The number of aliphatic imine (C=N–C) groups is 3. The topological polar surface area (TPSA) is 134 Å². The fourth-order valence-corrected chi connectivity index (χ4v) is 4.25. The van der Waals surface area contributed by atoms with Crippen molar-refractivity contribution in [2.24, 2.45) is 31.9 Å². The number of nitrogens with one attached hydrogen (secondary N) is 2. The Morgan fingerprint density at radius 3 is 2.93 bits per heavy atom. The number of amidine groups is 1. The van der Waals surface area contributed by atoms with Crippen molar-refractivity contribution in [2.45, 2.75) is 43.7 Å². The van der Waals surface area contributed by atoms with Crippen LogP contribution in [0.2, 0.25) is 0 Å². The monoisotopic (exact) mass is 421 g/mol. The minimum atomic E-state index is -0.874. The second kappa shape index (κ2) is 8.31. The summed E-state index contributed by atoms with van der Waals surface area (Å²) < 4.78 is 0. The molecule has 0 radical (unpaired) electrons. The van der Waals surface area contributed by atoms with Crippen LogP contribution in [-0.4, -0.2) is 82.1 Å². The van der Waals surface area contributed by atoms with Gasteiger partial charge >= 0.3 is 0 Å². The first-order chi connectivity index (χ1) is 14.0. The predicted molar refractivity (Wildman–Crippen MR) is 110 cm³/mol. The first-order valence-corrected chi connectivity index (χ1v) is 10.0. The number of aliphatic hydroxyl groups excluding tert-OH is 2. The van der Waals surface area contributed by atoms with Crippen LogP contribution in [0.5, 0.6) is 0 Å². The number of rotatable bonds is 5. The molecule has 3 unspecified atom stereocenters. The highest BCUT2D eigenvalue weighted by molar-refractivity contribution is 6.66. The Hall–Kier alpha value is -2.14. The van der Waals surface area contributed by atoms with Crippen molar-refractivity contribution < 1.29 is 15.0 Å². The summed E-state index contributed by atoms with van der Waals surface area (Å²) in [6.45, 7) is 0.415. The summed E-state index contributed by atoms with van der Waals surface area (Å²) in [6, 6.07) is -0.315. The van der Waals surface area contributed by atoms with Gasteiger partial charge in [0.25, 0.3) is 5.91 Å². The molecule has 1 fully saturated rings. The number of carbonyl (C=O) groups is 1. The van der Waals surface area contributed by atoms with Crippen molar-refractivity contribution in [2.75, 3.05) is 13.6 Å². The number of halogens is 1. The van der Waals surface area contributed by atoms with E-state index in [0.29, 0.717) is 36.1 Å². The number of hydrogen-bond acceptors (Lipinski definition) is 9. The summed E-state index contributed by atoms with van der Waals surface area (Å²) >= 11 is 6.17. The lowest BCUT2D eigenvalue weighted by atomic mass is 9.96. The van der Waals surface area contributed by atoms with Crippen molar-refractivity contribution in [3.8, 4) is 0 Å². The second-order valence-corrected chi connectivity index (χ2v) is 8.06. The molecule has 6 atom stereocenters. The van der Waals surface area contributed by atoms with Gasteiger partial charge in [0.15, 0.2) is 0 Å². The summed E-state index contributed by atoms with van der Waals surface area (Å²) in [5.41, 5.74) is 3.12. The lowest BCUT2D eigenvalue weighted by Crippen LogP contribution is -2.53. The summed E-state index contributed by atoms with van der Waals surface area (Å²) in [6.07, 6.45) is 4.70. The van der Waals surface area contributed by atoms with E-state index >= 15 is 0 Å². The predicted octanol–water partition coefficient (Wildman–Crippen LogP) is -0.569. The molecule has 1 amide bonds. The van der Waals surface area contributed by atoms with Gasteiger partial charge in [-0.25, -0.2) is 9.98 Å². The lowest BCUT2D eigenvalue weighted by Gasteiger charge is -2.30. The number of nitrogens with zero attached hydrogens (tertiary/aromatic N) is 5. The van der Waals surface area contributed by atoms with Crippen molar-refractivity contribution in [1.82, 2.24) is 15.6 Å². The number of carbonyl (C=O) groups excluding carboxylic acids is 1. The van der Waals surface area contributed by atoms with E-state index in [4.69, 9.17) is 11.6 Å². The van der Waals surface area contributed by atoms with Crippen LogP contribution in [0.25, 0.3) is 0 Å². The van der Waals surface area contributed by atoms with Crippen LogP contribution in [0.3, 0.4) is 0 Å². The van der Waals surface area contributed by atoms with Crippen molar-refractivity contribution in [3.05, 3.63) is 12.3 Å². The summed E-state index contributed by atoms with van der Waals surface area (Å²) in [7, 11) is 1.70. The zero-order valence-electron chi connectivity index (χ0n) is 15.9. The van der Waals surface area contributed by atoms with E-state index in [1.54, 1.807) is 18.1 Å². The van der Waals surface area contributed by atoms with Crippen LogP contribution in [0, 0.1) is 11.8 Å². The Bertz CT molecular complexity index is 824. The number of allylic oxidation sites excluding steroid dienone is 1. The third-order valence-electron chi connectivity index (χ3n) is 5.71. The number of hydrogen-bond donors (Lipinski definition) is 4. The Labute approximate surface area is 173 Å². The van der Waals surface area contributed by atoms with Crippen molar-refractivity contribution >= 4 is 40.6 Å². The van der Waals surface area contributed by atoms with E-state index in [1.165, 1.54) is 6.34 Å². The molecular weight excluding hydrogens is 398 g/mol. The molecule has 1 saturated carbocycles. The molecule has 11 heteroatoms. The molecule has 0 spiro atoms. The van der Waals surface area contributed by atoms with Gasteiger partial charge in [0, 0.05) is 31.8 Å². The molecule has 3 aliphatic heterocycles. The molecule has 29 heavy (non-hydrogen) atoms. The molecule has 10 nitrogen and oxygen atoms in total. The molecule has 0 aromatic heterocycles. The normalized spacial score (nSPS) is 35.5. The SMILES string of the molecule is CN(CC1CC=CN=C1Cl)C(=O)C1=NNC2=NC=NC(N[C@@H]3CC[C@@H](O)[C@H]3O)C21. The standard InChI is InChI=1S/C18H24ClN7O3/c1-26(7-9-3-2-6-20-15(9)19)18(29)13-12-16(21-8-22-17(12)25-24-13)23-10-4-5-11(27)14(10)28/h2,6,8-12,14,16,23,27-28H,3-5,7H2,1H3,(H,21,22,25)/t9?,10-,11-,12?,14+,16?/m1/s1. The second-order valence-electron chi connectivity index (χ2n) is 7.67. The fourth-order valence-electron chi connectivity index (χ4n) is 4.04. The van der Waals surface area contributed by atoms with Gasteiger partial charge in [0.05, 0.1) is 12.2 Å². The van der Waals surface area contributed by atoms with Crippen LogP contribution < -0.4 is 10.7 Å². The molecule has 0 bridgehead atoms. The molecule has 0 saturated heterocycles. The number of hydrazone groups is 1. The van der Waals surface area contributed by atoms with Gasteiger partial charge in [-0.3, -0.25) is 20.5 Å². The molecule has 156 valence electrons. The van der Waals surface area contributed by atoms with Gasteiger partial charge in [-0.2, -0.15) is 5.10 Å². The van der Waals surface area contributed by atoms with Gasteiger partial charge < -0.3 is 15.1 Å². The fraction of sp³-hybridized carbons (Fsp3) is 0.611. The third kappa shape index (κ3) is 3.97. The zero-order valence-corrected chi connectivity index (χ0v) is 16.7. The summed E-state index contributed by atoms with van der Waals surface area (Å²) in [4.78, 5) is 27.3. The molecule has 0 aromatic carbocycles. The molecule has 4 rings (SSSR count). The van der Waals surface area contributed by atoms with Gasteiger partial charge in [0.2, 0.25) is 0 Å². The van der Waals surface area contributed by atoms with E-state index in [2.05, 4.69) is 30.8 Å². The number of amides is 1. The van der Waals surface area contributed by atoms with E-state index in [9.17, 15) is 15.0 Å². The van der Waals surface area contributed by atoms with Gasteiger partial charge in [0.1, 0.15) is 35.1 Å². The van der Waals surface area contributed by atoms with E-state index in [1.807, 2.05) is 6.08 Å². The van der Waals surface area contributed by atoms with Crippen molar-refractivity contribution in [3.63, 3.8) is 0 Å². The lowest BCUT2D eigenvalue weighted by molar-refractivity contribution is -0.123. The van der Waals surface area contributed by atoms with Crippen molar-refractivity contribution in [1.29, 1.82) is 0 Å². The van der Waals surface area contributed by atoms with Crippen LogP contribution in [0.4, 0.5) is 0 Å². The number of fused-ring (bicyclic) bond motifs is 1. The Morgan fingerprint density at radius 2 is 2.21 bits per heavy atom. The average molecular weight is 422 g/mol. The maximum absolute atomic E-state index is 13.1. The first kappa shape index (κ1) is 20.1. The highest BCUT2D eigenvalue weighted by Gasteiger charge is 2.44. The highest BCUT2D eigenvalue weighted by atomic mass is 35.5. The molecular formula is C18H24ClN7O3. The van der Waals surface area contributed by atoms with Crippen LogP contribution in [0.15, 0.2) is 32.4 Å². The Morgan fingerprint density at radius 1 is 1.38 bits per heavy atom. The van der Waals surface area contributed by atoms with Crippen LogP contribution in [-0.2, 0) is 4.79 Å². The molecule has 1 aliphatic carbocycles. The molecule has 0 aromatic rings. The maximum atomic E-state index is 13.1. The van der Waals surface area contributed by atoms with E-state index < -0.39 is 24.3 Å². The highest BCUT2D eigenvalue weighted by Crippen LogP contribution is 2.25. The third-order valence-corrected chi connectivity index (χ3v) is 6.11. The first-order valence-electron chi connectivity index (χ1n) is 9.64. The van der Waals surface area contributed by atoms with Crippen LogP contribution >= 0.6 is 11.6 Å². The quantitative estimate of drug-likeness (QED) is 0.471. The Balaban J connectivity index is 1.45. The minimum absolute atomic E-state index is 0.0489. The molecule has 4 aliphatic rings. The summed E-state index contributed by atoms with van der Waals surface area (Å²) in [5, 5.41) is 27.9. The van der Waals surface area contributed by atoms with Crippen LogP contribution in [0.1, 0.15) is 19.3 Å². The average Bonchev–Trinajstić information content (AvgIpc) is 3.28. The van der Waals surface area contributed by atoms with Gasteiger partial charge in [-0.1, -0.05) is 17.7 Å². The van der Waals surface area contributed by atoms with E-state index in [-0.39, 0.29) is 17.9 Å². The minimum Gasteiger partial charge on any atom is -0.390 e.